The van der Waals surface area contributed by atoms with Gasteiger partial charge in [0.2, 0.25) is 5.95 Å². The Labute approximate surface area is 238 Å². The fraction of sp³-hybridized carbons (Fsp3) is 0.464. The van der Waals surface area contributed by atoms with E-state index in [1.165, 1.54) is 7.11 Å². The molecular weight excluding hydrogens is 541 g/mol. The molecule has 9 nitrogen and oxygen atoms in total. The van der Waals surface area contributed by atoms with Crippen LogP contribution in [0.1, 0.15) is 26.2 Å². The summed E-state index contributed by atoms with van der Waals surface area (Å²) >= 11 is 13.6. The molecule has 1 aliphatic heterocycles. The lowest BCUT2D eigenvalue weighted by molar-refractivity contribution is -0.0516. The van der Waals surface area contributed by atoms with Gasteiger partial charge in [0.05, 0.1) is 48.6 Å². The van der Waals surface area contributed by atoms with Crippen LogP contribution < -0.4 is 20.3 Å². The number of rotatable bonds is 14. The van der Waals surface area contributed by atoms with Crippen LogP contribution in [0.5, 0.6) is 11.5 Å². The van der Waals surface area contributed by atoms with Gasteiger partial charge >= 0.3 is 0 Å². The molecule has 0 saturated carbocycles. The average Bonchev–Trinajstić information content (AvgIpc) is 2.92. The second-order valence-corrected chi connectivity index (χ2v) is 10.1. The van der Waals surface area contributed by atoms with Crippen LogP contribution in [0.15, 0.2) is 35.8 Å². The third-order valence-corrected chi connectivity index (χ3v) is 7.41. The number of unbranched alkanes of at least 4 members (excludes halogenated alkanes) is 2. The Bertz CT molecular complexity index is 1370. The molecule has 0 bridgehead atoms. The number of hydrogen-bond donors (Lipinski definition) is 1. The number of hydrogen-bond acceptors (Lipinski definition) is 8. The highest BCUT2D eigenvalue weighted by atomic mass is 35.5. The van der Waals surface area contributed by atoms with Gasteiger partial charge < -0.3 is 19.5 Å². The molecule has 4 rings (SSSR count). The van der Waals surface area contributed by atoms with E-state index in [2.05, 4.69) is 33.7 Å². The predicted molar refractivity (Wildman–Crippen MR) is 157 cm³/mol. The molecule has 1 fully saturated rings. The van der Waals surface area contributed by atoms with Gasteiger partial charge in [0, 0.05) is 49.9 Å². The minimum Gasteiger partial charge on any atom is -0.495 e. The van der Waals surface area contributed by atoms with Crippen LogP contribution in [-0.2, 0) is 11.3 Å². The highest BCUT2D eigenvalue weighted by molar-refractivity contribution is 6.41. The normalized spacial score (nSPS) is 13.9. The maximum atomic E-state index is 14.0. The molecule has 0 amide bonds. The SMILES string of the molecule is C=CCN1CC(OCCn2c(=O)c(-c3c(Cl)c(OC)cc(OCCCCC)c3Cl)cc3cnc(NC)nc32)C1. The molecule has 11 heteroatoms. The zero-order chi connectivity index (χ0) is 27.9. The monoisotopic (exact) mass is 575 g/mol. The number of fused-ring (bicyclic) bond motifs is 1. The zero-order valence-corrected chi connectivity index (χ0v) is 24.1. The minimum absolute atomic E-state index is 0.118. The number of halogens is 2. The maximum Gasteiger partial charge on any atom is 0.260 e. The summed E-state index contributed by atoms with van der Waals surface area (Å²) < 4.78 is 19.1. The molecule has 39 heavy (non-hydrogen) atoms. The van der Waals surface area contributed by atoms with Crippen molar-refractivity contribution in [2.75, 3.05) is 52.3 Å². The van der Waals surface area contributed by atoms with E-state index in [9.17, 15) is 4.79 Å². The maximum absolute atomic E-state index is 14.0. The number of methoxy groups -OCH3 is 1. The zero-order valence-electron chi connectivity index (χ0n) is 22.6. The Balaban J connectivity index is 1.73. The van der Waals surface area contributed by atoms with E-state index in [0.717, 1.165) is 38.9 Å². The van der Waals surface area contributed by atoms with Crippen LogP contribution in [0.25, 0.3) is 22.2 Å². The number of likely N-dealkylation sites (tertiary alicyclic amines) is 1. The number of benzene rings is 1. The number of anilines is 1. The summed E-state index contributed by atoms with van der Waals surface area (Å²) in [6, 6.07) is 3.37. The van der Waals surface area contributed by atoms with Gasteiger partial charge in [-0.25, -0.2) is 4.98 Å². The fourth-order valence-corrected chi connectivity index (χ4v) is 5.23. The van der Waals surface area contributed by atoms with Crippen LogP contribution in [0, 0.1) is 0 Å². The molecule has 210 valence electrons. The molecule has 0 atom stereocenters. The highest BCUT2D eigenvalue weighted by Gasteiger charge is 2.27. The Kier molecular flexibility index (Phi) is 10.1. The van der Waals surface area contributed by atoms with E-state index in [4.69, 9.17) is 37.4 Å². The van der Waals surface area contributed by atoms with Crippen molar-refractivity contribution >= 4 is 40.2 Å². The average molecular weight is 577 g/mol. The van der Waals surface area contributed by atoms with Crippen molar-refractivity contribution in [1.29, 1.82) is 0 Å². The number of pyridine rings is 1. The van der Waals surface area contributed by atoms with E-state index in [1.807, 2.05) is 6.08 Å². The Morgan fingerprint density at radius 1 is 1.18 bits per heavy atom. The lowest BCUT2D eigenvalue weighted by Crippen LogP contribution is -2.52. The Morgan fingerprint density at radius 2 is 1.95 bits per heavy atom. The first-order valence-corrected chi connectivity index (χ1v) is 13.9. The lowest BCUT2D eigenvalue weighted by atomic mass is 10.0. The van der Waals surface area contributed by atoms with Gasteiger partial charge in [0.15, 0.2) is 0 Å². The number of ether oxygens (including phenoxy) is 3. The van der Waals surface area contributed by atoms with Gasteiger partial charge in [-0.3, -0.25) is 14.3 Å². The van der Waals surface area contributed by atoms with Gasteiger partial charge in [-0.2, -0.15) is 4.98 Å². The van der Waals surface area contributed by atoms with Crippen molar-refractivity contribution in [2.45, 2.75) is 38.8 Å². The van der Waals surface area contributed by atoms with Crippen LogP contribution in [0.3, 0.4) is 0 Å². The van der Waals surface area contributed by atoms with Gasteiger partial charge in [0.25, 0.3) is 5.56 Å². The molecule has 1 saturated heterocycles. The largest absolute Gasteiger partial charge is 0.495 e. The van der Waals surface area contributed by atoms with Crippen molar-refractivity contribution in [2.24, 2.45) is 0 Å². The summed E-state index contributed by atoms with van der Waals surface area (Å²) in [6.07, 6.45) is 6.65. The molecule has 3 aromatic rings. The van der Waals surface area contributed by atoms with Crippen LogP contribution in [0.2, 0.25) is 10.0 Å². The van der Waals surface area contributed by atoms with E-state index >= 15 is 0 Å². The van der Waals surface area contributed by atoms with Crippen molar-refractivity contribution in [3.05, 3.63) is 51.4 Å². The van der Waals surface area contributed by atoms with Crippen LogP contribution >= 0.6 is 23.2 Å². The number of nitrogens with one attached hydrogen (secondary N) is 1. The minimum atomic E-state index is -0.303. The van der Waals surface area contributed by atoms with Gasteiger partial charge in [-0.05, 0) is 12.5 Å². The number of aromatic nitrogens is 3. The second kappa shape index (κ2) is 13.5. The van der Waals surface area contributed by atoms with E-state index in [0.29, 0.717) is 59.4 Å². The lowest BCUT2D eigenvalue weighted by Gasteiger charge is -2.38. The molecule has 0 radical (unpaired) electrons. The first-order valence-electron chi connectivity index (χ1n) is 13.1. The first kappa shape index (κ1) is 29.1. The Hall–Kier alpha value is -2.85. The van der Waals surface area contributed by atoms with Crippen LogP contribution in [-0.4, -0.2) is 72.5 Å². The number of nitrogens with zero attached hydrogens (tertiary/aromatic N) is 4. The third kappa shape index (κ3) is 6.49. The van der Waals surface area contributed by atoms with E-state index < -0.39 is 0 Å². The molecule has 1 aromatic carbocycles. The molecular formula is C28H35Cl2N5O4. The van der Waals surface area contributed by atoms with Crippen LogP contribution in [0.4, 0.5) is 5.95 Å². The summed E-state index contributed by atoms with van der Waals surface area (Å²) in [5.41, 5.74) is 0.834. The quantitative estimate of drug-likeness (QED) is 0.205. The second-order valence-electron chi connectivity index (χ2n) is 9.37. The summed E-state index contributed by atoms with van der Waals surface area (Å²) in [7, 11) is 3.24. The topological polar surface area (TPSA) is 90.7 Å². The smallest absolute Gasteiger partial charge is 0.260 e. The summed E-state index contributed by atoms with van der Waals surface area (Å²) in [4.78, 5) is 25.1. The van der Waals surface area contributed by atoms with Gasteiger partial charge in [-0.1, -0.05) is 49.0 Å². The fourth-order valence-electron chi connectivity index (χ4n) is 4.55. The van der Waals surface area contributed by atoms with Gasteiger partial charge in [0.1, 0.15) is 17.1 Å². The molecule has 0 aliphatic carbocycles. The standard InChI is InChI=1S/C28H35Cl2N5O4/c1-5-7-8-11-39-22-14-21(37-4)24(29)23(25(22)30)20-13-18-15-32-28(31-3)33-26(18)35(27(20)36)10-12-38-19-16-34(17-19)9-6-2/h6,13-15,19H,2,5,7-12,16-17H2,1,3-4H3,(H,31,32,33). The van der Waals surface area contributed by atoms with Crippen molar-refractivity contribution in [3.8, 4) is 22.6 Å². The molecule has 1 aliphatic rings. The molecule has 3 heterocycles. The summed E-state index contributed by atoms with van der Waals surface area (Å²) in [5.74, 6) is 1.18. The van der Waals surface area contributed by atoms with Crippen molar-refractivity contribution in [3.63, 3.8) is 0 Å². The molecule has 2 aromatic heterocycles. The summed E-state index contributed by atoms with van der Waals surface area (Å²) in [5, 5.41) is 4.07. The van der Waals surface area contributed by atoms with E-state index in [-0.39, 0.29) is 21.7 Å². The molecule has 0 spiro atoms. The molecule has 0 unspecified atom stereocenters. The summed E-state index contributed by atoms with van der Waals surface area (Å²) in [6.45, 7) is 9.53. The van der Waals surface area contributed by atoms with Crippen molar-refractivity contribution < 1.29 is 14.2 Å². The Morgan fingerprint density at radius 3 is 2.64 bits per heavy atom. The third-order valence-electron chi connectivity index (χ3n) is 6.66. The highest BCUT2D eigenvalue weighted by Crippen LogP contribution is 2.45. The first-order chi connectivity index (χ1) is 18.9. The molecule has 1 N–H and O–H groups in total. The predicted octanol–water partition coefficient (Wildman–Crippen LogP) is 5.27. The van der Waals surface area contributed by atoms with E-state index in [1.54, 1.807) is 29.9 Å². The van der Waals surface area contributed by atoms with Gasteiger partial charge in [-0.15, -0.1) is 6.58 Å². The van der Waals surface area contributed by atoms with Crippen molar-refractivity contribution in [1.82, 2.24) is 19.4 Å².